The van der Waals surface area contributed by atoms with E-state index in [0.717, 1.165) is 16.7 Å². The molecule has 1 saturated heterocycles. The van der Waals surface area contributed by atoms with Gasteiger partial charge in [0.25, 0.3) is 5.91 Å². The van der Waals surface area contributed by atoms with Crippen LogP contribution < -0.4 is 0 Å². The quantitative estimate of drug-likeness (QED) is 0.574. The molecule has 24 heavy (non-hydrogen) atoms. The second kappa shape index (κ2) is 7.78. The van der Waals surface area contributed by atoms with Crippen LogP contribution in [0.2, 0.25) is 5.02 Å². The minimum absolute atomic E-state index is 0.0797. The first-order chi connectivity index (χ1) is 11.3. The Morgan fingerprint density at radius 3 is 2.58 bits per heavy atom. The molecule has 1 aliphatic heterocycles. The first-order valence-corrected chi connectivity index (χ1v) is 8.37. The molecule has 2 N–H and O–H groups in total. The van der Waals surface area contributed by atoms with Gasteiger partial charge in [-0.25, -0.2) is 4.79 Å². The molecule has 0 bridgehead atoms. The lowest BCUT2D eigenvalue weighted by atomic mass is 10.1. The van der Waals surface area contributed by atoms with Crippen molar-refractivity contribution in [3.63, 3.8) is 0 Å². The molecule has 6 nitrogen and oxygen atoms in total. The highest BCUT2D eigenvalue weighted by Gasteiger charge is 2.40. The van der Waals surface area contributed by atoms with E-state index in [1.165, 1.54) is 6.08 Å². The molecule has 9 heteroatoms. The van der Waals surface area contributed by atoms with Crippen LogP contribution in [0.3, 0.4) is 0 Å². The number of amides is 1. The van der Waals surface area contributed by atoms with E-state index in [1.54, 1.807) is 24.3 Å². The van der Waals surface area contributed by atoms with Crippen LogP contribution in [-0.2, 0) is 14.4 Å². The van der Waals surface area contributed by atoms with Crippen molar-refractivity contribution in [3.8, 4) is 0 Å². The number of carboxylic acids is 2. The summed E-state index contributed by atoms with van der Waals surface area (Å²) in [5.74, 6) is -3.01. The van der Waals surface area contributed by atoms with Crippen LogP contribution in [0, 0.1) is 0 Å². The second-order valence-electron chi connectivity index (χ2n) is 4.86. The van der Waals surface area contributed by atoms with Crippen LogP contribution in [0.25, 0.3) is 6.08 Å². The van der Waals surface area contributed by atoms with E-state index in [1.807, 2.05) is 0 Å². The van der Waals surface area contributed by atoms with Gasteiger partial charge in [0.1, 0.15) is 10.4 Å². The number of hydrogen-bond donors (Lipinski definition) is 2. The molecule has 0 radical (unpaired) electrons. The predicted octanol–water partition coefficient (Wildman–Crippen LogP) is 2.86. The van der Waals surface area contributed by atoms with Crippen LogP contribution in [0.1, 0.15) is 18.4 Å². The molecule has 1 fully saturated rings. The normalized spacial score (nSPS) is 17.4. The van der Waals surface area contributed by atoms with Gasteiger partial charge in [-0.2, -0.15) is 0 Å². The summed E-state index contributed by atoms with van der Waals surface area (Å²) in [6.45, 7) is 0. The molecule has 0 saturated carbocycles. The van der Waals surface area contributed by atoms with Gasteiger partial charge in [0, 0.05) is 11.4 Å². The van der Waals surface area contributed by atoms with Crippen molar-refractivity contribution in [3.05, 3.63) is 39.8 Å². The van der Waals surface area contributed by atoms with E-state index in [-0.39, 0.29) is 22.1 Å². The highest BCUT2D eigenvalue weighted by atomic mass is 35.5. The van der Waals surface area contributed by atoms with Crippen LogP contribution in [0.5, 0.6) is 0 Å². The van der Waals surface area contributed by atoms with Gasteiger partial charge in [0.15, 0.2) is 0 Å². The molecule has 0 unspecified atom stereocenters. The fourth-order valence-electron chi connectivity index (χ4n) is 2.11. The second-order valence-corrected chi connectivity index (χ2v) is 6.94. The average Bonchev–Trinajstić information content (AvgIpc) is 2.77. The van der Waals surface area contributed by atoms with Crippen LogP contribution in [0.15, 0.2) is 29.2 Å². The number of halogens is 1. The molecule has 1 aromatic rings. The summed E-state index contributed by atoms with van der Waals surface area (Å²) in [4.78, 5) is 35.8. The maximum absolute atomic E-state index is 12.5. The molecular weight excluding hydrogens is 374 g/mol. The van der Waals surface area contributed by atoms with Gasteiger partial charge in [-0.3, -0.25) is 14.5 Å². The average molecular weight is 386 g/mol. The number of carbonyl (C=O) groups excluding carboxylic acids is 1. The van der Waals surface area contributed by atoms with Gasteiger partial charge in [0.2, 0.25) is 0 Å². The van der Waals surface area contributed by atoms with E-state index in [9.17, 15) is 19.5 Å². The van der Waals surface area contributed by atoms with Gasteiger partial charge in [-0.15, -0.1) is 0 Å². The third-order valence-electron chi connectivity index (χ3n) is 3.24. The molecule has 1 amide bonds. The van der Waals surface area contributed by atoms with Crippen molar-refractivity contribution < 1.29 is 24.6 Å². The van der Waals surface area contributed by atoms with E-state index >= 15 is 0 Å². The molecule has 0 aliphatic carbocycles. The standard InChI is InChI=1S/C15H12ClNO5S2/c16-9-4-2-1-3-8(9)7-11-13(20)17(15(23)24-11)10(14(21)22)5-6-12(18)19/h1-4,7,10H,5-6H2,(H,18,19)(H,21,22)/b11-7+/t10-/m0/s1. The summed E-state index contributed by atoms with van der Waals surface area (Å²) in [7, 11) is 0. The molecule has 1 aromatic carbocycles. The summed E-state index contributed by atoms with van der Waals surface area (Å²) in [6, 6.07) is 5.57. The van der Waals surface area contributed by atoms with Crippen molar-refractivity contribution in [2.45, 2.75) is 18.9 Å². The molecular formula is C15H12ClNO5S2. The molecule has 0 aromatic heterocycles. The predicted molar refractivity (Wildman–Crippen MR) is 94.8 cm³/mol. The monoisotopic (exact) mass is 385 g/mol. The molecule has 1 atom stereocenters. The van der Waals surface area contributed by atoms with Gasteiger partial charge in [-0.1, -0.05) is 53.8 Å². The molecule has 2 rings (SSSR count). The number of thiocarbonyl (C=S) groups is 1. The third-order valence-corrected chi connectivity index (χ3v) is 4.92. The number of carbonyl (C=O) groups is 3. The Balaban J connectivity index is 2.28. The van der Waals surface area contributed by atoms with E-state index in [2.05, 4.69) is 0 Å². The van der Waals surface area contributed by atoms with Gasteiger partial charge in [0.05, 0.1) is 4.91 Å². The van der Waals surface area contributed by atoms with Crippen LogP contribution >= 0.6 is 35.6 Å². The lowest BCUT2D eigenvalue weighted by Crippen LogP contribution is -2.44. The Labute approximate surface area is 152 Å². The van der Waals surface area contributed by atoms with E-state index in [0.29, 0.717) is 10.6 Å². The molecule has 0 spiro atoms. The molecule has 126 valence electrons. The number of hydrogen-bond acceptors (Lipinski definition) is 5. The summed E-state index contributed by atoms with van der Waals surface area (Å²) in [5, 5.41) is 18.5. The maximum atomic E-state index is 12.5. The fraction of sp³-hybridized carbons (Fsp3) is 0.200. The molecule has 1 heterocycles. The Morgan fingerprint density at radius 1 is 1.33 bits per heavy atom. The summed E-state index contributed by atoms with van der Waals surface area (Å²) in [6.07, 6.45) is 0.936. The van der Waals surface area contributed by atoms with Crippen LogP contribution in [-0.4, -0.2) is 43.3 Å². The number of nitrogens with zero attached hydrogens (tertiary/aromatic N) is 1. The Bertz CT molecular complexity index is 749. The van der Waals surface area contributed by atoms with Gasteiger partial charge >= 0.3 is 11.9 Å². The maximum Gasteiger partial charge on any atom is 0.326 e. The highest BCUT2D eigenvalue weighted by Crippen LogP contribution is 2.35. The Morgan fingerprint density at radius 2 is 2.00 bits per heavy atom. The summed E-state index contributed by atoms with van der Waals surface area (Å²) in [5.41, 5.74) is 0.608. The Kier molecular flexibility index (Phi) is 5.98. The first kappa shape index (κ1) is 18.4. The summed E-state index contributed by atoms with van der Waals surface area (Å²) >= 11 is 12.1. The number of carboxylic acid groups (broad SMARTS) is 2. The van der Waals surface area contributed by atoms with Crippen molar-refractivity contribution in [2.75, 3.05) is 0 Å². The lowest BCUT2D eigenvalue weighted by Gasteiger charge is -2.22. The van der Waals surface area contributed by atoms with Crippen molar-refractivity contribution in [1.82, 2.24) is 4.90 Å². The zero-order valence-corrected chi connectivity index (χ0v) is 14.5. The minimum atomic E-state index is -1.31. The number of rotatable bonds is 6. The smallest absolute Gasteiger partial charge is 0.326 e. The Hall–Kier alpha value is -1.90. The largest absolute Gasteiger partial charge is 0.481 e. The minimum Gasteiger partial charge on any atom is -0.481 e. The van der Waals surface area contributed by atoms with Crippen LogP contribution in [0.4, 0.5) is 0 Å². The van der Waals surface area contributed by atoms with Gasteiger partial charge < -0.3 is 10.2 Å². The number of thioether (sulfide) groups is 1. The summed E-state index contributed by atoms with van der Waals surface area (Å²) < 4.78 is 0.0797. The SMILES string of the molecule is O=C(O)CC[C@@H](C(=O)O)N1C(=O)/C(=C\c2ccccc2Cl)SC1=S. The first-order valence-electron chi connectivity index (χ1n) is 6.77. The third kappa shape index (κ3) is 4.14. The fourth-order valence-corrected chi connectivity index (χ4v) is 3.64. The zero-order chi connectivity index (χ0) is 17.9. The highest BCUT2D eigenvalue weighted by molar-refractivity contribution is 8.26. The number of aliphatic carboxylic acids is 2. The lowest BCUT2D eigenvalue weighted by molar-refractivity contribution is -0.146. The number of benzene rings is 1. The molecule has 1 aliphatic rings. The van der Waals surface area contributed by atoms with Gasteiger partial charge in [-0.05, 0) is 24.1 Å². The van der Waals surface area contributed by atoms with Crippen molar-refractivity contribution in [1.29, 1.82) is 0 Å². The van der Waals surface area contributed by atoms with Crippen molar-refractivity contribution in [2.24, 2.45) is 0 Å². The topological polar surface area (TPSA) is 94.9 Å². The van der Waals surface area contributed by atoms with E-state index in [4.69, 9.17) is 28.9 Å². The zero-order valence-electron chi connectivity index (χ0n) is 12.1. The van der Waals surface area contributed by atoms with Crippen molar-refractivity contribution >= 4 is 63.8 Å². The van der Waals surface area contributed by atoms with E-state index < -0.39 is 23.9 Å².